The summed E-state index contributed by atoms with van der Waals surface area (Å²) in [7, 11) is 0. The van der Waals surface area contributed by atoms with Gasteiger partial charge in [-0.15, -0.1) is 0 Å². The van der Waals surface area contributed by atoms with Gasteiger partial charge < -0.3 is 10.1 Å². The molecule has 2 N–H and O–H groups in total. The number of halogens is 1. The third kappa shape index (κ3) is 2.43. The van der Waals surface area contributed by atoms with Gasteiger partial charge in [0.15, 0.2) is 0 Å². The van der Waals surface area contributed by atoms with Crippen molar-refractivity contribution in [2.45, 2.75) is 6.42 Å². The molecule has 3 aromatic rings. The Morgan fingerprint density at radius 1 is 1.24 bits per heavy atom. The Hall–Kier alpha value is -2.53. The molecule has 0 aliphatic heterocycles. The van der Waals surface area contributed by atoms with E-state index in [1.54, 1.807) is 42.5 Å². The second kappa shape index (κ2) is 5.10. The minimum absolute atomic E-state index is 0.157. The number of H-pyrrole nitrogens is 1. The summed E-state index contributed by atoms with van der Waals surface area (Å²) in [5.41, 5.74) is 2.04. The summed E-state index contributed by atoms with van der Waals surface area (Å²) >= 11 is 5.99. The fraction of sp³-hybridized carbons (Fsp3) is 0.0667. The summed E-state index contributed by atoms with van der Waals surface area (Å²) in [6.45, 7) is 0. The van der Waals surface area contributed by atoms with Gasteiger partial charge in [-0.3, -0.25) is 9.36 Å². The first-order chi connectivity index (χ1) is 10.1. The van der Waals surface area contributed by atoms with Crippen molar-refractivity contribution >= 4 is 28.6 Å². The second-order valence-electron chi connectivity index (χ2n) is 4.63. The van der Waals surface area contributed by atoms with Crippen molar-refractivity contribution in [2.75, 3.05) is 0 Å². The van der Waals surface area contributed by atoms with E-state index in [4.69, 9.17) is 16.7 Å². The molecule has 0 bridgehead atoms. The monoisotopic (exact) mass is 302 g/mol. The van der Waals surface area contributed by atoms with E-state index in [9.17, 15) is 9.59 Å². The minimum Gasteiger partial charge on any atom is -0.481 e. The van der Waals surface area contributed by atoms with Crippen LogP contribution < -0.4 is 5.69 Å². The van der Waals surface area contributed by atoms with Crippen LogP contribution in [0.1, 0.15) is 5.56 Å². The van der Waals surface area contributed by atoms with Crippen LogP contribution >= 0.6 is 11.6 Å². The van der Waals surface area contributed by atoms with Gasteiger partial charge >= 0.3 is 11.7 Å². The van der Waals surface area contributed by atoms with Crippen LogP contribution in [-0.2, 0) is 11.2 Å². The number of hydrogen-bond donors (Lipinski definition) is 2. The van der Waals surface area contributed by atoms with Gasteiger partial charge in [-0.2, -0.15) is 0 Å². The fourth-order valence-electron chi connectivity index (χ4n) is 2.36. The zero-order valence-corrected chi connectivity index (χ0v) is 11.6. The first-order valence-electron chi connectivity index (χ1n) is 6.26. The Balaban J connectivity index is 2.30. The molecule has 0 fully saturated rings. The van der Waals surface area contributed by atoms with Crippen LogP contribution in [0.25, 0.3) is 16.7 Å². The lowest BCUT2D eigenvalue weighted by molar-refractivity contribution is -0.136. The molecule has 0 unspecified atom stereocenters. The van der Waals surface area contributed by atoms with Gasteiger partial charge in [0.05, 0.1) is 23.1 Å². The summed E-state index contributed by atoms with van der Waals surface area (Å²) < 4.78 is 1.44. The van der Waals surface area contributed by atoms with E-state index in [0.717, 1.165) is 0 Å². The lowest BCUT2D eigenvalue weighted by atomic mass is 10.1. The summed E-state index contributed by atoms with van der Waals surface area (Å²) in [6.07, 6.45) is -0.157. The molecule has 0 spiro atoms. The molecule has 1 heterocycles. The first kappa shape index (κ1) is 13.5. The normalized spacial score (nSPS) is 10.9. The van der Waals surface area contributed by atoms with E-state index >= 15 is 0 Å². The molecule has 0 aliphatic rings. The maximum absolute atomic E-state index is 12.2. The highest BCUT2D eigenvalue weighted by Gasteiger charge is 2.13. The highest BCUT2D eigenvalue weighted by atomic mass is 35.5. The number of nitrogens with one attached hydrogen (secondary N) is 1. The van der Waals surface area contributed by atoms with Crippen molar-refractivity contribution in [3.8, 4) is 5.69 Å². The summed E-state index contributed by atoms with van der Waals surface area (Å²) in [5.74, 6) is -0.951. The zero-order chi connectivity index (χ0) is 15.0. The highest BCUT2D eigenvalue weighted by Crippen LogP contribution is 2.22. The lowest BCUT2D eigenvalue weighted by Gasteiger charge is -2.09. The number of carboxylic acid groups (broad SMARTS) is 1. The highest BCUT2D eigenvalue weighted by molar-refractivity contribution is 6.31. The van der Waals surface area contributed by atoms with Crippen molar-refractivity contribution in [2.24, 2.45) is 0 Å². The van der Waals surface area contributed by atoms with Crippen LogP contribution in [0.4, 0.5) is 0 Å². The van der Waals surface area contributed by atoms with Gasteiger partial charge in [-0.1, -0.05) is 29.8 Å². The number of aliphatic carboxylic acids is 1. The predicted molar refractivity (Wildman–Crippen MR) is 80.2 cm³/mol. The molecule has 0 atom stereocenters. The molecule has 5 nitrogen and oxygen atoms in total. The third-order valence-corrected chi connectivity index (χ3v) is 3.45. The SMILES string of the molecule is O=C(O)Cc1ccccc1-n1c(=O)[nH]c2ccc(Cl)cc21. The van der Waals surface area contributed by atoms with Gasteiger partial charge in [-0.25, -0.2) is 4.79 Å². The Morgan fingerprint density at radius 3 is 2.76 bits per heavy atom. The predicted octanol–water partition coefficient (Wildman–Crippen LogP) is 2.60. The fourth-order valence-corrected chi connectivity index (χ4v) is 2.52. The van der Waals surface area contributed by atoms with Crippen LogP contribution in [0.15, 0.2) is 47.3 Å². The Labute approximate surface area is 124 Å². The smallest absolute Gasteiger partial charge is 0.331 e. The summed E-state index contributed by atoms with van der Waals surface area (Å²) in [4.78, 5) is 25.9. The number of fused-ring (bicyclic) bond motifs is 1. The van der Waals surface area contributed by atoms with Crippen LogP contribution in [-0.4, -0.2) is 20.6 Å². The first-order valence-corrected chi connectivity index (χ1v) is 6.64. The van der Waals surface area contributed by atoms with E-state index in [1.807, 2.05) is 0 Å². The number of carboxylic acids is 1. The molecular weight excluding hydrogens is 292 g/mol. The molecule has 6 heteroatoms. The molecule has 21 heavy (non-hydrogen) atoms. The second-order valence-corrected chi connectivity index (χ2v) is 5.06. The molecule has 0 radical (unpaired) electrons. The number of aromatic nitrogens is 2. The Kier molecular flexibility index (Phi) is 3.27. The molecule has 0 amide bonds. The molecule has 0 saturated heterocycles. The Bertz CT molecular complexity index is 895. The van der Waals surface area contributed by atoms with E-state index in [1.165, 1.54) is 4.57 Å². The molecule has 2 aromatic carbocycles. The van der Waals surface area contributed by atoms with Gasteiger partial charge in [-0.05, 0) is 29.8 Å². The van der Waals surface area contributed by atoms with Gasteiger partial charge in [0.25, 0.3) is 0 Å². The number of hydrogen-bond acceptors (Lipinski definition) is 2. The number of benzene rings is 2. The van der Waals surface area contributed by atoms with Crippen molar-refractivity contribution in [1.29, 1.82) is 0 Å². The average Bonchev–Trinajstić information content (AvgIpc) is 2.74. The largest absolute Gasteiger partial charge is 0.481 e. The molecule has 0 aliphatic carbocycles. The van der Waals surface area contributed by atoms with Crippen LogP contribution in [0.5, 0.6) is 0 Å². The van der Waals surface area contributed by atoms with Crippen molar-refractivity contribution in [3.05, 3.63) is 63.5 Å². The molecule has 0 saturated carbocycles. The van der Waals surface area contributed by atoms with E-state index < -0.39 is 5.97 Å². The maximum Gasteiger partial charge on any atom is 0.331 e. The van der Waals surface area contributed by atoms with Crippen LogP contribution in [0.3, 0.4) is 0 Å². The van der Waals surface area contributed by atoms with E-state index in [0.29, 0.717) is 27.3 Å². The van der Waals surface area contributed by atoms with Gasteiger partial charge in [0.2, 0.25) is 0 Å². The quantitative estimate of drug-likeness (QED) is 0.781. The maximum atomic E-state index is 12.2. The van der Waals surface area contributed by atoms with Crippen molar-refractivity contribution in [1.82, 2.24) is 9.55 Å². The van der Waals surface area contributed by atoms with Gasteiger partial charge in [0, 0.05) is 5.02 Å². The minimum atomic E-state index is -0.951. The number of para-hydroxylation sites is 1. The average molecular weight is 303 g/mol. The zero-order valence-electron chi connectivity index (χ0n) is 10.8. The number of imidazole rings is 1. The van der Waals surface area contributed by atoms with Gasteiger partial charge in [0.1, 0.15) is 0 Å². The molecule has 1 aromatic heterocycles. The number of rotatable bonds is 3. The van der Waals surface area contributed by atoms with Crippen LogP contribution in [0.2, 0.25) is 5.02 Å². The number of carbonyl (C=O) groups is 1. The summed E-state index contributed by atoms with van der Waals surface area (Å²) in [5, 5.41) is 9.50. The molecular formula is C15H11ClN2O3. The molecule has 106 valence electrons. The van der Waals surface area contributed by atoms with Crippen molar-refractivity contribution in [3.63, 3.8) is 0 Å². The molecule has 3 rings (SSSR count). The van der Waals surface area contributed by atoms with Crippen LogP contribution in [0, 0.1) is 0 Å². The summed E-state index contributed by atoms with van der Waals surface area (Å²) in [6, 6.07) is 12.0. The number of aromatic amines is 1. The Morgan fingerprint density at radius 2 is 2.00 bits per heavy atom. The third-order valence-electron chi connectivity index (χ3n) is 3.22. The standard InChI is InChI=1S/C15H11ClN2O3/c16-10-5-6-11-13(8-10)18(15(21)17-11)12-4-2-1-3-9(12)7-14(19)20/h1-6,8H,7H2,(H,17,21)(H,19,20). The topological polar surface area (TPSA) is 75.1 Å². The van der Waals surface area contributed by atoms with E-state index in [-0.39, 0.29) is 12.1 Å². The number of nitrogens with zero attached hydrogens (tertiary/aromatic N) is 1. The lowest BCUT2D eigenvalue weighted by Crippen LogP contribution is -2.17. The van der Waals surface area contributed by atoms with E-state index in [2.05, 4.69) is 4.98 Å². The van der Waals surface area contributed by atoms with Crippen molar-refractivity contribution < 1.29 is 9.90 Å².